The van der Waals surface area contributed by atoms with Gasteiger partial charge in [-0.05, 0) is 12.1 Å². The Morgan fingerprint density at radius 2 is 1.94 bits per heavy atom. The molecule has 5 nitrogen and oxygen atoms in total. The SMILES string of the molecule is CC(=O)N(C)c1cc(C(=O)O)c2ccccc2n1. The van der Waals surface area contributed by atoms with Crippen molar-refractivity contribution in [2.75, 3.05) is 11.9 Å². The van der Waals surface area contributed by atoms with Crippen molar-refractivity contribution in [3.8, 4) is 0 Å². The molecule has 0 radical (unpaired) electrons. The summed E-state index contributed by atoms with van der Waals surface area (Å²) in [6.45, 7) is 1.40. The van der Waals surface area contributed by atoms with Crippen LogP contribution in [0.25, 0.3) is 10.9 Å². The van der Waals surface area contributed by atoms with E-state index < -0.39 is 5.97 Å². The number of pyridine rings is 1. The lowest BCUT2D eigenvalue weighted by atomic mass is 10.1. The highest BCUT2D eigenvalue weighted by Crippen LogP contribution is 2.22. The number of amides is 1. The van der Waals surface area contributed by atoms with E-state index >= 15 is 0 Å². The van der Waals surface area contributed by atoms with Crippen molar-refractivity contribution in [3.63, 3.8) is 0 Å². The van der Waals surface area contributed by atoms with Crippen LogP contribution in [0.1, 0.15) is 17.3 Å². The van der Waals surface area contributed by atoms with Gasteiger partial charge >= 0.3 is 5.97 Å². The lowest BCUT2D eigenvalue weighted by Gasteiger charge is -2.15. The molecule has 1 N–H and O–H groups in total. The number of carboxylic acid groups (broad SMARTS) is 1. The maximum atomic E-state index is 11.3. The number of carboxylic acids is 1. The number of aromatic carboxylic acids is 1. The summed E-state index contributed by atoms with van der Waals surface area (Å²) < 4.78 is 0. The van der Waals surface area contributed by atoms with Crippen LogP contribution in [0.15, 0.2) is 30.3 Å². The van der Waals surface area contributed by atoms with Crippen molar-refractivity contribution < 1.29 is 14.7 Å². The first-order chi connectivity index (χ1) is 8.50. The molecule has 0 spiro atoms. The highest BCUT2D eigenvalue weighted by molar-refractivity contribution is 6.04. The van der Waals surface area contributed by atoms with E-state index in [4.69, 9.17) is 0 Å². The number of carbonyl (C=O) groups excluding carboxylic acids is 1. The fraction of sp³-hybridized carbons (Fsp3) is 0.154. The molecule has 5 heteroatoms. The largest absolute Gasteiger partial charge is 0.478 e. The van der Waals surface area contributed by atoms with Gasteiger partial charge in [0.2, 0.25) is 5.91 Å². The number of hydrogen-bond acceptors (Lipinski definition) is 3. The number of anilines is 1. The maximum absolute atomic E-state index is 11.3. The molecule has 0 saturated heterocycles. The first-order valence-electron chi connectivity index (χ1n) is 5.38. The Morgan fingerprint density at radius 1 is 1.28 bits per heavy atom. The third kappa shape index (κ3) is 2.02. The smallest absolute Gasteiger partial charge is 0.336 e. The van der Waals surface area contributed by atoms with Crippen LogP contribution in [0.3, 0.4) is 0 Å². The number of para-hydroxylation sites is 1. The Morgan fingerprint density at radius 3 is 2.56 bits per heavy atom. The molecule has 1 heterocycles. The average molecular weight is 244 g/mol. The van der Waals surface area contributed by atoms with Gasteiger partial charge in [-0.25, -0.2) is 9.78 Å². The molecule has 1 aromatic carbocycles. The van der Waals surface area contributed by atoms with Crippen LogP contribution in [0.4, 0.5) is 5.82 Å². The van der Waals surface area contributed by atoms with Gasteiger partial charge in [-0.2, -0.15) is 0 Å². The second-order valence-electron chi connectivity index (χ2n) is 3.93. The Bertz CT molecular complexity index is 637. The van der Waals surface area contributed by atoms with Crippen molar-refractivity contribution in [2.45, 2.75) is 6.92 Å². The van der Waals surface area contributed by atoms with Gasteiger partial charge in [0.05, 0.1) is 11.1 Å². The zero-order valence-electron chi connectivity index (χ0n) is 10.0. The maximum Gasteiger partial charge on any atom is 0.336 e. The zero-order valence-corrected chi connectivity index (χ0v) is 10.0. The molecule has 92 valence electrons. The van der Waals surface area contributed by atoms with Crippen molar-refractivity contribution in [2.24, 2.45) is 0 Å². The van der Waals surface area contributed by atoms with E-state index in [2.05, 4.69) is 4.98 Å². The summed E-state index contributed by atoms with van der Waals surface area (Å²) >= 11 is 0. The summed E-state index contributed by atoms with van der Waals surface area (Å²) in [7, 11) is 1.56. The molecule has 0 aliphatic carbocycles. The normalized spacial score (nSPS) is 10.3. The molecule has 2 aromatic rings. The average Bonchev–Trinajstić information content (AvgIpc) is 2.36. The van der Waals surface area contributed by atoms with E-state index in [0.717, 1.165) is 0 Å². The van der Waals surface area contributed by atoms with E-state index in [1.807, 2.05) is 0 Å². The van der Waals surface area contributed by atoms with Crippen molar-refractivity contribution in [1.82, 2.24) is 4.98 Å². The third-order valence-corrected chi connectivity index (χ3v) is 2.75. The molecule has 2 rings (SSSR count). The van der Waals surface area contributed by atoms with Crippen molar-refractivity contribution in [3.05, 3.63) is 35.9 Å². The lowest BCUT2D eigenvalue weighted by Crippen LogP contribution is -2.24. The fourth-order valence-electron chi connectivity index (χ4n) is 1.67. The van der Waals surface area contributed by atoms with Crippen LogP contribution in [0.2, 0.25) is 0 Å². The third-order valence-electron chi connectivity index (χ3n) is 2.75. The van der Waals surface area contributed by atoms with Gasteiger partial charge < -0.3 is 10.0 Å². The number of carbonyl (C=O) groups is 2. The van der Waals surface area contributed by atoms with Crippen LogP contribution in [-0.4, -0.2) is 29.0 Å². The Kier molecular flexibility index (Phi) is 2.97. The van der Waals surface area contributed by atoms with E-state index in [1.165, 1.54) is 17.9 Å². The summed E-state index contributed by atoms with van der Waals surface area (Å²) in [6, 6.07) is 8.36. The van der Waals surface area contributed by atoms with Crippen molar-refractivity contribution >= 4 is 28.6 Å². The molecule has 0 aliphatic rings. The molecular formula is C13H12N2O3. The predicted molar refractivity (Wildman–Crippen MR) is 67.8 cm³/mol. The summed E-state index contributed by atoms with van der Waals surface area (Å²) in [5, 5.41) is 9.76. The topological polar surface area (TPSA) is 70.5 Å². The molecule has 0 atom stereocenters. The van der Waals surface area contributed by atoms with E-state index in [1.54, 1.807) is 31.3 Å². The zero-order chi connectivity index (χ0) is 13.3. The minimum Gasteiger partial charge on any atom is -0.478 e. The van der Waals surface area contributed by atoms with Gasteiger partial charge in [0.1, 0.15) is 5.82 Å². The second-order valence-corrected chi connectivity index (χ2v) is 3.93. The van der Waals surface area contributed by atoms with Gasteiger partial charge in [0.25, 0.3) is 0 Å². The summed E-state index contributed by atoms with van der Waals surface area (Å²) in [5.41, 5.74) is 0.698. The van der Waals surface area contributed by atoms with Crippen LogP contribution in [0.5, 0.6) is 0 Å². The second kappa shape index (κ2) is 4.44. The predicted octanol–water partition coefficient (Wildman–Crippen LogP) is 1.92. The minimum atomic E-state index is -1.04. The Hall–Kier alpha value is -2.43. The van der Waals surface area contributed by atoms with Gasteiger partial charge in [-0.3, -0.25) is 4.79 Å². The molecule has 18 heavy (non-hydrogen) atoms. The Labute approximate surface area is 104 Å². The molecule has 0 aliphatic heterocycles. The Balaban J connectivity index is 2.72. The first-order valence-corrected chi connectivity index (χ1v) is 5.38. The summed E-state index contributed by atoms with van der Waals surface area (Å²) in [6.07, 6.45) is 0. The highest BCUT2D eigenvalue weighted by atomic mass is 16.4. The number of fused-ring (bicyclic) bond motifs is 1. The van der Waals surface area contributed by atoms with Gasteiger partial charge in [0.15, 0.2) is 0 Å². The number of rotatable bonds is 2. The van der Waals surface area contributed by atoms with Crippen LogP contribution >= 0.6 is 0 Å². The standard InChI is InChI=1S/C13H12N2O3/c1-8(16)15(2)12-7-10(13(17)18)9-5-3-4-6-11(9)14-12/h3-7H,1-2H3,(H,17,18). The number of benzene rings is 1. The molecule has 0 saturated carbocycles. The highest BCUT2D eigenvalue weighted by Gasteiger charge is 2.15. The van der Waals surface area contributed by atoms with E-state index in [9.17, 15) is 14.7 Å². The molecule has 1 aromatic heterocycles. The van der Waals surface area contributed by atoms with Gasteiger partial charge in [0, 0.05) is 19.4 Å². The fourth-order valence-corrected chi connectivity index (χ4v) is 1.67. The van der Waals surface area contributed by atoms with Crippen molar-refractivity contribution in [1.29, 1.82) is 0 Å². The molecule has 1 amide bonds. The summed E-state index contributed by atoms with van der Waals surface area (Å²) in [5.74, 6) is -0.903. The minimum absolute atomic E-state index is 0.142. The van der Waals surface area contributed by atoms with Crippen LogP contribution in [0, 0.1) is 0 Å². The van der Waals surface area contributed by atoms with Gasteiger partial charge in [-0.1, -0.05) is 18.2 Å². The van der Waals surface area contributed by atoms with Gasteiger partial charge in [-0.15, -0.1) is 0 Å². The summed E-state index contributed by atoms with van der Waals surface area (Å²) in [4.78, 5) is 28.1. The molecule has 0 bridgehead atoms. The molecule has 0 unspecified atom stereocenters. The van der Waals surface area contributed by atoms with Crippen LogP contribution in [-0.2, 0) is 4.79 Å². The lowest BCUT2D eigenvalue weighted by molar-refractivity contribution is -0.116. The van der Waals surface area contributed by atoms with E-state index in [-0.39, 0.29) is 11.5 Å². The first kappa shape index (κ1) is 12.0. The van der Waals surface area contributed by atoms with E-state index in [0.29, 0.717) is 16.7 Å². The number of aromatic nitrogens is 1. The van der Waals surface area contributed by atoms with Crippen LogP contribution < -0.4 is 4.90 Å². The number of hydrogen-bond donors (Lipinski definition) is 1. The monoisotopic (exact) mass is 244 g/mol. The molecule has 0 fully saturated rings. The number of nitrogens with zero attached hydrogens (tertiary/aromatic N) is 2. The molecular weight excluding hydrogens is 232 g/mol. The quantitative estimate of drug-likeness (QED) is 0.876.